The minimum Gasteiger partial charge on any atom is -0.288 e. The summed E-state index contributed by atoms with van der Waals surface area (Å²) < 4.78 is -46.0. The minimum absolute atomic E-state index is 2.90. The first-order valence-corrected chi connectivity index (χ1v) is 30.3. The van der Waals surface area contributed by atoms with Gasteiger partial charge in [0.1, 0.15) is 0 Å². The van der Waals surface area contributed by atoms with E-state index in [0.717, 1.165) is 0 Å². The summed E-state index contributed by atoms with van der Waals surface area (Å²) in [4.78, 5) is 0. The van der Waals surface area contributed by atoms with E-state index in [1.54, 1.807) is 0 Å². The molecule has 0 saturated heterocycles. The fourth-order valence-corrected chi connectivity index (χ4v) is 17.7. The average molecular weight is 1810 g/mol. The van der Waals surface area contributed by atoms with Crippen LogP contribution in [0.2, 0.25) is 0 Å². The lowest BCUT2D eigenvalue weighted by Gasteiger charge is -2.59. The maximum atomic E-state index is 8.59. The number of thiol groups is 1. The van der Waals surface area contributed by atoms with Crippen molar-refractivity contribution in [3.8, 4) is 0 Å². The molecule has 400 valence electrons. The van der Waals surface area contributed by atoms with Gasteiger partial charge in [-0.25, -0.2) is 8.42 Å². The largest absolute Gasteiger partial charge is 0.288 e. The molecule has 0 heterocycles. The van der Waals surface area contributed by atoms with Crippen LogP contribution in [0.15, 0.2) is 0 Å². The molecule has 0 rings (SSSR count). The zero-order valence-electron chi connectivity index (χ0n) is 27.6. The van der Waals surface area contributed by atoms with Crippen LogP contribution in [0, 0.1) is 0 Å². The van der Waals surface area contributed by atoms with E-state index in [-0.39, 0.29) is 0 Å². The summed E-state index contributed by atoms with van der Waals surface area (Å²) in [6.45, 7) is 0. The Bertz CT molecular complexity index is 1680. The lowest BCUT2D eigenvalue weighted by molar-refractivity contribution is 0.388. The Kier molecular flexibility index (Phi) is 29.7. The first-order valence-electron chi connectivity index (χ1n) is 13.3. The Morgan fingerprint density at radius 3 is 0.258 bits per heavy atom. The Morgan fingerprint density at radius 1 is 0.167 bits per heavy atom. The van der Waals surface area contributed by atoms with Crippen molar-refractivity contribution in [3.63, 3.8) is 0 Å². The highest BCUT2D eigenvalue weighted by atomic mass is 35.6. The molecule has 0 aromatic heterocycles. The van der Waals surface area contributed by atoms with Gasteiger partial charge in [0.25, 0.3) is 11.0 Å². The highest BCUT2D eigenvalue weighted by Crippen LogP contribution is 2.79. The van der Waals surface area contributed by atoms with Crippen molar-refractivity contribution in [3.05, 3.63) is 0 Å². The van der Waals surface area contributed by atoms with Gasteiger partial charge >= 0.3 is 0 Å². The van der Waals surface area contributed by atoms with Crippen LogP contribution in [0.1, 0.15) is 0 Å². The van der Waals surface area contributed by atoms with Gasteiger partial charge in [-0.1, -0.05) is 487 Å². The third kappa shape index (κ3) is 12.8. The standard InChI is InChI=1S/C20Cl42.H2O3S/c21-1(22,3(25,26)5(29,30)7(33,34)9(37,38)11(41,42)13(45,46)15(49,50)17(53,54)19(57,58)59)2(23,24)4(27,28)6(31,32)8(35,36)10(39,40)12(43,44)14(47,48)16(51,52)18(55,56)20(60,61)62;1-4(2)3/h;4H,(H,1,2,3). The summed E-state index contributed by atoms with van der Waals surface area (Å²) >= 11 is 268. The smallest absolute Gasteiger partial charge is 0.254 e. The van der Waals surface area contributed by atoms with Crippen LogP contribution < -0.4 is 0 Å². The van der Waals surface area contributed by atoms with Crippen LogP contribution in [0.3, 0.4) is 0 Å². The summed E-state index contributed by atoms with van der Waals surface area (Å²) in [7, 11) is -3.12. The van der Waals surface area contributed by atoms with E-state index in [1.165, 1.54) is 0 Å². The highest BCUT2D eigenvalue weighted by molar-refractivity contribution is 7.66. The van der Waals surface area contributed by atoms with Gasteiger partial charge in [0.05, 0.1) is 0 Å². The molecule has 0 amide bonds. The van der Waals surface area contributed by atoms with E-state index in [9.17, 15) is 0 Å². The van der Waals surface area contributed by atoms with E-state index in [4.69, 9.17) is 500 Å². The topological polar surface area (TPSA) is 54.4 Å². The number of rotatable bonds is 17. The zero-order valence-corrected chi connectivity index (χ0v) is 60.2. The average Bonchev–Trinajstić information content (AvgIpc) is 3.05. The molecule has 0 unspecified atom stereocenters. The quantitative estimate of drug-likeness (QED) is 0.0867. The molecule has 0 fully saturated rings. The van der Waals surface area contributed by atoms with Crippen molar-refractivity contribution in [2.24, 2.45) is 0 Å². The normalized spacial score (nSPS) is 17.0. The van der Waals surface area contributed by atoms with Crippen LogP contribution >= 0.6 is 487 Å². The van der Waals surface area contributed by atoms with Crippen molar-refractivity contribution in [2.45, 2.75) is 85.6 Å². The molecule has 0 saturated carbocycles. The molecule has 0 spiro atoms. The Hall–Kier alpha value is 12.1. The first-order chi connectivity index (χ1) is 27.5. The molecular weight excluding hydrogens is 1810 g/mol. The van der Waals surface area contributed by atoms with Gasteiger partial charge in [-0.15, -0.1) is 0 Å². The predicted molar refractivity (Wildman–Crippen MR) is 313 cm³/mol. The van der Waals surface area contributed by atoms with Crippen LogP contribution in [0.4, 0.5) is 0 Å². The number of halogens is 42. The summed E-state index contributed by atoms with van der Waals surface area (Å²) in [5, 5.41) is 0. The van der Waals surface area contributed by atoms with Crippen molar-refractivity contribution in [1.29, 1.82) is 0 Å². The van der Waals surface area contributed by atoms with Crippen LogP contribution in [0.5, 0.6) is 0 Å². The molecule has 0 aliphatic carbocycles. The third-order valence-electron chi connectivity index (χ3n) is 7.42. The monoisotopic (exact) mass is 1790 g/mol. The Labute approximate surface area is 586 Å². The van der Waals surface area contributed by atoms with E-state index < -0.39 is 96.6 Å². The molecule has 0 radical (unpaired) electrons. The predicted octanol–water partition coefficient (Wildman–Crippen LogP) is 23.9. The van der Waals surface area contributed by atoms with E-state index in [1.807, 2.05) is 0 Å². The molecule has 46 heteroatoms. The Balaban J connectivity index is 0. The van der Waals surface area contributed by atoms with Gasteiger partial charge in [0.15, 0.2) is 69.3 Å². The van der Waals surface area contributed by atoms with Gasteiger partial charge in [0, 0.05) is 0 Å². The second kappa shape index (κ2) is 24.5. The zero-order chi connectivity index (χ0) is 55.6. The number of alkyl halides is 42. The molecule has 3 nitrogen and oxygen atoms in total. The maximum Gasteiger partial charge on any atom is 0.254 e. The van der Waals surface area contributed by atoms with Gasteiger partial charge in [-0.3, -0.25) is 4.55 Å². The molecule has 1 N–H and O–H groups in total. The van der Waals surface area contributed by atoms with Crippen molar-refractivity contribution < 1.29 is 13.0 Å². The lowest BCUT2D eigenvalue weighted by atomic mass is 9.96. The summed E-state index contributed by atoms with van der Waals surface area (Å²) in [6, 6.07) is 0. The van der Waals surface area contributed by atoms with Gasteiger partial charge in [-0.2, -0.15) is 0 Å². The molecular formula is C20H2Cl42O3S. The van der Waals surface area contributed by atoms with E-state index in [2.05, 4.69) is 0 Å². The molecule has 0 aromatic rings. The number of hydrogen-bond acceptors (Lipinski definition) is 2. The fraction of sp³-hybridized carbons (Fsp3) is 1.00. The van der Waals surface area contributed by atoms with Crippen molar-refractivity contribution in [1.82, 2.24) is 0 Å². The van der Waals surface area contributed by atoms with Crippen LogP contribution in [-0.4, -0.2) is 98.6 Å². The van der Waals surface area contributed by atoms with Crippen molar-refractivity contribution in [2.75, 3.05) is 0 Å². The van der Waals surface area contributed by atoms with Gasteiger partial charge in [-0.05, 0) is 0 Å². The van der Waals surface area contributed by atoms with Crippen LogP contribution in [-0.2, 0) is 11.0 Å². The molecule has 0 bridgehead atoms. The van der Waals surface area contributed by atoms with Crippen LogP contribution in [0.25, 0.3) is 0 Å². The molecule has 0 aliphatic heterocycles. The number of hydrogen-bond donors (Lipinski definition) is 2. The third-order valence-corrected chi connectivity index (χ3v) is 37.3. The molecule has 0 atom stereocenters. The van der Waals surface area contributed by atoms with E-state index in [0.29, 0.717) is 0 Å². The van der Waals surface area contributed by atoms with E-state index >= 15 is 0 Å². The second-order valence-electron chi connectivity index (χ2n) is 11.6. The summed E-state index contributed by atoms with van der Waals surface area (Å²) in [6.07, 6.45) is 0. The fourth-order valence-electron chi connectivity index (χ4n) is 3.51. The lowest BCUT2D eigenvalue weighted by Crippen LogP contribution is -2.76. The minimum atomic E-state index is -3.79. The summed E-state index contributed by atoms with van der Waals surface area (Å²) in [5.74, 6) is 0. The first kappa shape index (κ1) is 80.2. The SMILES string of the molecule is ClC(Cl)(Cl)C(Cl)(Cl)C(Cl)(Cl)C(Cl)(Cl)C(Cl)(Cl)C(Cl)(Cl)C(Cl)(Cl)C(Cl)(Cl)C(Cl)(Cl)C(Cl)(Cl)C(Cl)(Cl)C(Cl)(Cl)C(Cl)(Cl)C(Cl)(Cl)C(Cl)(Cl)C(Cl)(Cl)C(Cl)(Cl)C(Cl)(Cl)C(Cl)(Cl)C(Cl)(Cl)Cl.O=[SH](=O)O. The highest BCUT2D eigenvalue weighted by Gasteiger charge is 2.89. The van der Waals surface area contributed by atoms with Gasteiger partial charge < -0.3 is 0 Å². The summed E-state index contributed by atoms with van der Waals surface area (Å²) in [5.41, 5.74) is 0. The van der Waals surface area contributed by atoms with Crippen molar-refractivity contribution >= 4 is 498 Å². The Morgan fingerprint density at radius 2 is 0.212 bits per heavy atom. The van der Waals surface area contributed by atoms with Gasteiger partial charge in [0.2, 0.25) is 16.3 Å². The second-order valence-corrected chi connectivity index (χ2v) is 40.5. The maximum absolute atomic E-state index is 8.59. The molecule has 0 aliphatic rings. The molecule has 66 heavy (non-hydrogen) atoms. The molecule has 0 aromatic carbocycles.